The second-order valence-electron chi connectivity index (χ2n) is 4.45. The minimum absolute atomic E-state index is 0.0673. The van der Waals surface area contributed by atoms with Crippen molar-refractivity contribution in [2.24, 2.45) is 5.92 Å². The highest BCUT2D eigenvalue weighted by Crippen LogP contribution is 2.12. The zero-order chi connectivity index (χ0) is 11.4. The standard InChI is InChI=1S/C11H20N2O2/c1-8(2)10(12-9(3)14)11(15)13-6-4-5-7-13/h8,10H,4-7H2,1-3H3,(H,12,14). The molecule has 1 saturated heterocycles. The number of hydrogen-bond acceptors (Lipinski definition) is 2. The van der Waals surface area contributed by atoms with Crippen molar-refractivity contribution in [2.75, 3.05) is 13.1 Å². The van der Waals surface area contributed by atoms with Crippen LogP contribution in [0.25, 0.3) is 0 Å². The first-order chi connectivity index (χ1) is 7.02. The van der Waals surface area contributed by atoms with Crippen molar-refractivity contribution >= 4 is 11.8 Å². The maximum absolute atomic E-state index is 12.0. The summed E-state index contributed by atoms with van der Waals surface area (Å²) in [6.45, 7) is 7.03. The topological polar surface area (TPSA) is 49.4 Å². The van der Waals surface area contributed by atoms with Gasteiger partial charge in [-0.25, -0.2) is 0 Å². The van der Waals surface area contributed by atoms with E-state index in [0.29, 0.717) is 0 Å². The summed E-state index contributed by atoms with van der Waals surface area (Å²) in [7, 11) is 0. The molecule has 1 N–H and O–H groups in total. The molecule has 15 heavy (non-hydrogen) atoms. The molecule has 1 heterocycles. The van der Waals surface area contributed by atoms with E-state index < -0.39 is 0 Å². The van der Waals surface area contributed by atoms with Gasteiger partial charge in [-0.05, 0) is 18.8 Å². The van der Waals surface area contributed by atoms with Crippen LogP contribution in [0.3, 0.4) is 0 Å². The molecule has 86 valence electrons. The van der Waals surface area contributed by atoms with E-state index in [9.17, 15) is 9.59 Å². The maximum Gasteiger partial charge on any atom is 0.245 e. The fourth-order valence-corrected chi connectivity index (χ4v) is 1.87. The first-order valence-electron chi connectivity index (χ1n) is 5.58. The van der Waals surface area contributed by atoms with Crippen molar-refractivity contribution in [2.45, 2.75) is 39.7 Å². The fraction of sp³-hybridized carbons (Fsp3) is 0.818. The first kappa shape index (κ1) is 12.0. The normalized spacial score (nSPS) is 18.0. The molecule has 1 unspecified atom stereocenters. The Kier molecular flexibility index (Phi) is 4.12. The van der Waals surface area contributed by atoms with E-state index in [0.717, 1.165) is 25.9 Å². The zero-order valence-electron chi connectivity index (χ0n) is 9.75. The molecule has 0 aromatic carbocycles. The second kappa shape index (κ2) is 5.14. The van der Waals surface area contributed by atoms with E-state index in [2.05, 4.69) is 5.32 Å². The van der Waals surface area contributed by atoms with Crippen LogP contribution in [0.5, 0.6) is 0 Å². The predicted octanol–water partition coefficient (Wildman–Crippen LogP) is 0.769. The second-order valence-corrected chi connectivity index (χ2v) is 4.45. The number of amides is 2. The quantitative estimate of drug-likeness (QED) is 0.751. The van der Waals surface area contributed by atoms with Gasteiger partial charge in [0.25, 0.3) is 0 Å². The number of carbonyl (C=O) groups excluding carboxylic acids is 2. The van der Waals surface area contributed by atoms with Crippen LogP contribution in [-0.4, -0.2) is 35.8 Å². The lowest BCUT2D eigenvalue weighted by molar-refractivity contribution is -0.136. The van der Waals surface area contributed by atoms with Crippen LogP contribution < -0.4 is 5.32 Å². The van der Waals surface area contributed by atoms with Crippen LogP contribution in [0, 0.1) is 5.92 Å². The molecule has 1 aliphatic rings. The van der Waals surface area contributed by atoms with Crippen molar-refractivity contribution < 1.29 is 9.59 Å². The third-order valence-electron chi connectivity index (χ3n) is 2.71. The first-order valence-corrected chi connectivity index (χ1v) is 5.58. The van der Waals surface area contributed by atoms with Gasteiger partial charge in [0.1, 0.15) is 6.04 Å². The van der Waals surface area contributed by atoms with Crippen LogP contribution in [0.1, 0.15) is 33.6 Å². The lowest BCUT2D eigenvalue weighted by atomic mass is 10.0. The molecule has 0 aromatic heterocycles. The Morgan fingerprint density at radius 2 is 1.73 bits per heavy atom. The van der Waals surface area contributed by atoms with Gasteiger partial charge in [0, 0.05) is 20.0 Å². The van der Waals surface area contributed by atoms with Gasteiger partial charge in [-0.3, -0.25) is 9.59 Å². The molecule has 0 bridgehead atoms. The van der Waals surface area contributed by atoms with Crippen molar-refractivity contribution in [3.8, 4) is 0 Å². The molecular formula is C11H20N2O2. The lowest BCUT2D eigenvalue weighted by Crippen LogP contribution is -2.49. The van der Waals surface area contributed by atoms with Crippen molar-refractivity contribution in [3.63, 3.8) is 0 Å². The van der Waals surface area contributed by atoms with Crippen molar-refractivity contribution in [3.05, 3.63) is 0 Å². The lowest BCUT2D eigenvalue weighted by Gasteiger charge is -2.26. The molecule has 0 aromatic rings. The van der Waals surface area contributed by atoms with E-state index in [-0.39, 0.29) is 23.8 Å². The van der Waals surface area contributed by atoms with Gasteiger partial charge < -0.3 is 10.2 Å². The number of hydrogen-bond donors (Lipinski definition) is 1. The summed E-state index contributed by atoms with van der Waals surface area (Å²) in [6, 6.07) is -0.361. The molecule has 0 radical (unpaired) electrons. The summed E-state index contributed by atoms with van der Waals surface area (Å²) in [6.07, 6.45) is 2.16. The Bertz CT molecular complexity index is 245. The Balaban J connectivity index is 2.61. The number of nitrogens with zero attached hydrogens (tertiary/aromatic N) is 1. The van der Waals surface area contributed by atoms with E-state index in [1.807, 2.05) is 18.7 Å². The van der Waals surface area contributed by atoms with E-state index in [1.54, 1.807) is 0 Å². The minimum Gasteiger partial charge on any atom is -0.344 e. The molecule has 1 rings (SSSR count). The summed E-state index contributed by atoms with van der Waals surface area (Å²) >= 11 is 0. The Morgan fingerprint density at radius 3 is 2.13 bits per heavy atom. The molecule has 1 atom stereocenters. The fourth-order valence-electron chi connectivity index (χ4n) is 1.87. The van der Waals surface area contributed by atoms with Gasteiger partial charge in [0.05, 0.1) is 0 Å². The summed E-state index contributed by atoms with van der Waals surface area (Å²) in [5.74, 6) is 0.0703. The molecular weight excluding hydrogens is 192 g/mol. The van der Waals surface area contributed by atoms with Gasteiger partial charge in [-0.2, -0.15) is 0 Å². The average molecular weight is 212 g/mol. The number of likely N-dealkylation sites (tertiary alicyclic amines) is 1. The maximum atomic E-state index is 12.0. The molecule has 0 aliphatic carbocycles. The number of carbonyl (C=O) groups is 2. The Labute approximate surface area is 91.0 Å². The largest absolute Gasteiger partial charge is 0.344 e. The highest BCUT2D eigenvalue weighted by molar-refractivity contribution is 5.87. The molecule has 1 aliphatic heterocycles. The van der Waals surface area contributed by atoms with Crippen molar-refractivity contribution in [1.29, 1.82) is 0 Å². The third-order valence-corrected chi connectivity index (χ3v) is 2.71. The monoisotopic (exact) mass is 212 g/mol. The van der Waals surface area contributed by atoms with Crippen LogP contribution in [0.15, 0.2) is 0 Å². The zero-order valence-corrected chi connectivity index (χ0v) is 9.75. The summed E-state index contributed by atoms with van der Waals surface area (Å²) in [5, 5.41) is 2.73. The molecule has 0 spiro atoms. The molecule has 4 nitrogen and oxygen atoms in total. The molecule has 1 fully saturated rings. The van der Waals surface area contributed by atoms with E-state index in [1.165, 1.54) is 6.92 Å². The van der Waals surface area contributed by atoms with Crippen LogP contribution in [0.4, 0.5) is 0 Å². The Morgan fingerprint density at radius 1 is 1.20 bits per heavy atom. The highest BCUT2D eigenvalue weighted by atomic mass is 16.2. The van der Waals surface area contributed by atoms with Crippen LogP contribution in [-0.2, 0) is 9.59 Å². The average Bonchev–Trinajstić information content (AvgIpc) is 2.65. The number of nitrogens with one attached hydrogen (secondary N) is 1. The van der Waals surface area contributed by atoms with E-state index >= 15 is 0 Å². The molecule has 4 heteroatoms. The van der Waals surface area contributed by atoms with E-state index in [4.69, 9.17) is 0 Å². The number of rotatable bonds is 3. The summed E-state index contributed by atoms with van der Waals surface area (Å²) in [5.41, 5.74) is 0. The van der Waals surface area contributed by atoms with Gasteiger partial charge in [0.2, 0.25) is 11.8 Å². The van der Waals surface area contributed by atoms with Gasteiger partial charge >= 0.3 is 0 Å². The summed E-state index contributed by atoms with van der Waals surface area (Å²) in [4.78, 5) is 24.9. The SMILES string of the molecule is CC(=O)NC(C(=O)N1CCCC1)C(C)C. The summed E-state index contributed by atoms with van der Waals surface area (Å²) < 4.78 is 0. The minimum atomic E-state index is -0.361. The van der Waals surface area contributed by atoms with Crippen LogP contribution in [0.2, 0.25) is 0 Å². The van der Waals surface area contributed by atoms with Crippen LogP contribution >= 0.6 is 0 Å². The molecule has 2 amide bonds. The van der Waals surface area contributed by atoms with Crippen molar-refractivity contribution in [1.82, 2.24) is 10.2 Å². The smallest absolute Gasteiger partial charge is 0.245 e. The van der Waals surface area contributed by atoms with Gasteiger partial charge in [0.15, 0.2) is 0 Å². The predicted molar refractivity (Wildman–Crippen MR) is 58.3 cm³/mol. The highest BCUT2D eigenvalue weighted by Gasteiger charge is 2.28. The third kappa shape index (κ3) is 3.22. The van der Waals surface area contributed by atoms with Gasteiger partial charge in [-0.15, -0.1) is 0 Å². The Hall–Kier alpha value is -1.06. The molecule has 0 saturated carbocycles. The van der Waals surface area contributed by atoms with Gasteiger partial charge in [-0.1, -0.05) is 13.8 Å².